The van der Waals surface area contributed by atoms with Gasteiger partial charge in [0.1, 0.15) is 0 Å². The lowest BCUT2D eigenvalue weighted by atomic mass is 10.0. The van der Waals surface area contributed by atoms with E-state index in [1.54, 1.807) is 0 Å². The van der Waals surface area contributed by atoms with Crippen molar-refractivity contribution in [1.82, 2.24) is 9.97 Å². The van der Waals surface area contributed by atoms with Crippen molar-refractivity contribution in [3.8, 4) is 0 Å². The minimum absolute atomic E-state index is 0.134. The summed E-state index contributed by atoms with van der Waals surface area (Å²) in [4.78, 5) is 8.08. The zero-order valence-electron chi connectivity index (χ0n) is 15.6. The summed E-state index contributed by atoms with van der Waals surface area (Å²) < 4.78 is 37.4. The average Bonchev–Trinajstić information content (AvgIpc) is 2.49. The zero-order valence-corrected chi connectivity index (χ0v) is 15.6. The molecule has 2 rings (SSSR count). The maximum atomic E-state index is 12.5. The van der Waals surface area contributed by atoms with Crippen LogP contribution in [0.4, 0.5) is 13.2 Å². The highest BCUT2D eigenvalue weighted by atomic mass is 19.4. The van der Waals surface area contributed by atoms with Gasteiger partial charge >= 0.3 is 6.18 Å². The van der Waals surface area contributed by atoms with Gasteiger partial charge in [-0.3, -0.25) is 9.97 Å². The van der Waals surface area contributed by atoms with Crippen molar-refractivity contribution in [3.63, 3.8) is 0 Å². The third kappa shape index (κ3) is 7.67. The predicted octanol–water partition coefficient (Wildman–Crippen LogP) is 5.89. The van der Waals surface area contributed by atoms with Crippen molar-refractivity contribution in [1.29, 1.82) is 0 Å². The molecule has 0 amide bonds. The van der Waals surface area contributed by atoms with Gasteiger partial charge in [0.2, 0.25) is 0 Å². The summed E-state index contributed by atoms with van der Waals surface area (Å²) in [6.45, 7) is 10.3. The van der Waals surface area contributed by atoms with E-state index in [1.807, 2.05) is 26.1 Å². The topological polar surface area (TPSA) is 25.8 Å². The van der Waals surface area contributed by atoms with Crippen LogP contribution < -0.4 is 0 Å². The standard InChI is InChI=1S/C10H12F3N.C10H15N/c1-7(2)6-9-8(10(11,12)13)4-3-5-14-9;1-8(2)7-10-9(3)5-4-6-11-10/h3-5,7H,6H2,1-2H3;4-6,8H,7H2,1-3H3. The number of hydrogen-bond acceptors (Lipinski definition) is 2. The minimum atomic E-state index is -4.29. The van der Waals surface area contributed by atoms with Gasteiger partial charge in [-0.1, -0.05) is 33.8 Å². The molecule has 0 bridgehead atoms. The summed E-state index contributed by atoms with van der Waals surface area (Å²) in [5.74, 6) is 0.870. The number of aryl methyl sites for hydroxylation is 1. The van der Waals surface area contributed by atoms with Crippen molar-refractivity contribution in [2.75, 3.05) is 0 Å². The van der Waals surface area contributed by atoms with Crippen LogP contribution in [0.1, 0.15) is 50.2 Å². The molecule has 0 aliphatic carbocycles. The fraction of sp³-hybridized carbons (Fsp3) is 0.500. The van der Waals surface area contributed by atoms with Crippen LogP contribution in [0, 0.1) is 18.8 Å². The van der Waals surface area contributed by atoms with E-state index in [-0.39, 0.29) is 11.6 Å². The molecule has 0 aromatic carbocycles. The average molecular weight is 352 g/mol. The van der Waals surface area contributed by atoms with Crippen LogP contribution in [0.2, 0.25) is 0 Å². The first kappa shape index (κ1) is 21.1. The molecule has 0 spiro atoms. The highest BCUT2D eigenvalue weighted by Gasteiger charge is 2.33. The van der Waals surface area contributed by atoms with Crippen molar-refractivity contribution in [2.45, 2.75) is 53.6 Å². The summed E-state index contributed by atoms with van der Waals surface area (Å²) in [7, 11) is 0. The Labute approximate surface area is 148 Å². The van der Waals surface area contributed by atoms with Gasteiger partial charge in [-0.15, -0.1) is 0 Å². The molecular weight excluding hydrogens is 325 g/mol. The second-order valence-electron chi connectivity index (χ2n) is 6.96. The summed E-state index contributed by atoms with van der Waals surface area (Å²) >= 11 is 0. The summed E-state index contributed by atoms with van der Waals surface area (Å²) in [6, 6.07) is 6.49. The van der Waals surface area contributed by atoms with Gasteiger partial charge in [0.15, 0.2) is 0 Å². The maximum Gasteiger partial charge on any atom is 0.418 e. The predicted molar refractivity (Wildman–Crippen MR) is 95.3 cm³/mol. The molecule has 0 N–H and O–H groups in total. The first-order valence-electron chi connectivity index (χ1n) is 8.52. The molecule has 0 aliphatic heterocycles. The second kappa shape index (κ2) is 9.54. The second-order valence-corrected chi connectivity index (χ2v) is 6.96. The molecule has 0 saturated heterocycles. The van der Waals surface area contributed by atoms with Crippen molar-refractivity contribution in [2.24, 2.45) is 11.8 Å². The van der Waals surface area contributed by atoms with Crippen molar-refractivity contribution >= 4 is 0 Å². The molecule has 0 atom stereocenters. The van der Waals surface area contributed by atoms with Gasteiger partial charge in [-0.25, -0.2) is 0 Å². The quantitative estimate of drug-likeness (QED) is 0.686. The van der Waals surface area contributed by atoms with Gasteiger partial charge in [0.25, 0.3) is 0 Å². The number of nitrogens with zero attached hydrogens (tertiary/aromatic N) is 2. The van der Waals surface area contributed by atoms with Gasteiger partial charge in [0.05, 0.1) is 11.3 Å². The van der Waals surface area contributed by atoms with Crippen LogP contribution in [0.3, 0.4) is 0 Å². The lowest BCUT2D eigenvalue weighted by Crippen LogP contribution is -2.12. The molecule has 2 aromatic rings. The Morgan fingerprint density at radius 2 is 1.32 bits per heavy atom. The van der Waals surface area contributed by atoms with E-state index in [1.165, 1.54) is 23.5 Å². The normalized spacial score (nSPS) is 11.4. The van der Waals surface area contributed by atoms with Gasteiger partial charge in [0, 0.05) is 18.1 Å². The van der Waals surface area contributed by atoms with Crippen LogP contribution >= 0.6 is 0 Å². The van der Waals surface area contributed by atoms with E-state index >= 15 is 0 Å². The van der Waals surface area contributed by atoms with Crippen molar-refractivity contribution in [3.05, 3.63) is 59.2 Å². The van der Waals surface area contributed by atoms with E-state index in [4.69, 9.17) is 0 Å². The zero-order chi connectivity index (χ0) is 19.0. The van der Waals surface area contributed by atoms with E-state index in [0.717, 1.165) is 12.5 Å². The Morgan fingerprint density at radius 3 is 1.80 bits per heavy atom. The van der Waals surface area contributed by atoms with E-state index < -0.39 is 11.7 Å². The van der Waals surface area contributed by atoms with E-state index in [0.29, 0.717) is 12.3 Å². The van der Waals surface area contributed by atoms with E-state index in [9.17, 15) is 13.2 Å². The maximum absolute atomic E-state index is 12.5. The highest BCUT2D eigenvalue weighted by molar-refractivity contribution is 5.23. The Morgan fingerprint density at radius 1 is 0.840 bits per heavy atom. The lowest BCUT2D eigenvalue weighted by molar-refractivity contribution is -0.138. The highest BCUT2D eigenvalue weighted by Crippen LogP contribution is 2.31. The molecule has 0 aliphatic rings. The van der Waals surface area contributed by atoms with Gasteiger partial charge < -0.3 is 0 Å². The molecule has 0 saturated carbocycles. The summed E-state index contributed by atoms with van der Waals surface area (Å²) in [6.07, 6.45) is 0.415. The number of pyridine rings is 2. The molecule has 2 aromatic heterocycles. The summed E-state index contributed by atoms with van der Waals surface area (Å²) in [5, 5.41) is 0. The molecule has 0 radical (unpaired) electrons. The van der Waals surface area contributed by atoms with Crippen molar-refractivity contribution < 1.29 is 13.2 Å². The Kier molecular flexibility index (Phi) is 8.07. The minimum Gasteiger partial charge on any atom is -0.261 e. The SMILES string of the molecule is CC(C)Cc1ncccc1C(F)(F)F.Cc1cccnc1CC(C)C. The number of halogens is 3. The molecular formula is C20H27F3N2. The van der Waals surface area contributed by atoms with Crippen LogP contribution in [0.15, 0.2) is 36.7 Å². The number of rotatable bonds is 4. The number of aromatic nitrogens is 2. The molecule has 2 nitrogen and oxygen atoms in total. The van der Waals surface area contributed by atoms with Gasteiger partial charge in [-0.2, -0.15) is 13.2 Å². The Balaban J connectivity index is 0.000000257. The molecule has 0 unspecified atom stereocenters. The number of alkyl halides is 3. The Bertz CT molecular complexity index is 649. The fourth-order valence-corrected chi connectivity index (χ4v) is 2.36. The van der Waals surface area contributed by atoms with Crippen LogP contribution in [0.25, 0.3) is 0 Å². The lowest BCUT2D eigenvalue weighted by Gasteiger charge is -2.12. The van der Waals surface area contributed by atoms with Crippen LogP contribution in [0.5, 0.6) is 0 Å². The fourth-order valence-electron chi connectivity index (χ4n) is 2.36. The van der Waals surface area contributed by atoms with Crippen LogP contribution in [-0.4, -0.2) is 9.97 Å². The molecule has 138 valence electrons. The summed E-state index contributed by atoms with van der Waals surface area (Å²) in [5.41, 5.74) is 2.06. The Hall–Kier alpha value is -1.91. The molecule has 5 heteroatoms. The largest absolute Gasteiger partial charge is 0.418 e. The van der Waals surface area contributed by atoms with E-state index in [2.05, 4.69) is 36.8 Å². The first-order chi connectivity index (χ1) is 11.6. The van der Waals surface area contributed by atoms with Crippen LogP contribution in [-0.2, 0) is 19.0 Å². The molecule has 0 fully saturated rings. The first-order valence-corrected chi connectivity index (χ1v) is 8.52. The third-order valence-electron chi connectivity index (χ3n) is 3.52. The monoisotopic (exact) mass is 352 g/mol. The molecule has 2 heterocycles. The molecule has 25 heavy (non-hydrogen) atoms. The smallest absolute Gasteiger partial charge is 0.261 e. The number of hydrogen-bond donors (Lipinski definition) is 0. The third-order valence-corrected chi connectivity index (χ3v) is 3.52. The van der Waals surface area contributed by atoms with Gasteiger partial charge in [-0.05, 0) is 55.4 Å².